The molecule has 0 fully saturated rings. The standard InChI is InChI=1S/C24H16Br2O2S/c25-22-12-6-4-11-20(22)21-16-18(14-15-23(21)26)29(27,28)24-13-7-5-10-19(24)17-8-2-1-3-9-17/h1-16H. The van der Waals surface area contributed by atoms with E-state index < -0.39 is 9.84 Å². The van der Waals surface area contributed by atoms with Gasteiger partial charge in [-0.2, -0.15) is 0 Å². The third-order valence-corrected chi connectivity index (χ3v) is 7.87. The number of hydrogen-bond donors (Lipinski definition) is 0. The molecular weight excluding hydrogens is 512 g/mol. The summed E-state index contributed by atoms with van der Waals surface area (Å²) in [5.74, 6) is 0. The Hall–Kier alpha value is -2.21. The van der Waals surface area contributed by atoms with Gasteiger partial charge in [0.05, 0.1) is 9.79 Å². The van der Waals surface area contributed by atoms with Crippen LogP contribution >= 0.6 is 31.9 Å². The molecule has 0 radical (unpaired) electrons. The molecule has 2 nitrogen and oxygen atoms in total. The van der Waals surface area contributed by atoms with Crippen LogP contribution in [0.5, 0.6) is 0 Å². The van der Waals surface area contributed by atoms with Crippen LogP contribution in [-0.4, -0.2) is 8.42 Å². The van der Waals surface area contributed by atoms with Gasteiger partial charge in [0, 0.05) is 14.5 Å². The topological polar surface area (TPSA) is 34.1 Å². The highest BCUT2D eigenvalue weighted by molar-refractivity contribution is 9.11. The smallest absolute Gasteiger partial charge is 0.207 e. The Morgan fingerprint density at radius 1 is 0.552 bits per heavy atom. The average Bonchev–Trinajstić information content (AvgIpc) is 2.75. The van der Waals surface area contributed by atoms with Crippen molar-refractivity contribution in [2.24, 2.45) is 0 Å². The Kier molecular flexibility index (Phi) is 5.72. The van der Waals surface area contributed by atoms with E-state index in [1.807, 2.05) is 66.7 Å². The summed E-state index contributed by atoms with van der Waals surface area (Å²) in [7, 11) is -3.71. The lowest BCUT2D eigenvalue weighted by molar-refractivity contribution is 0.596. The molecule has 29 heavy (non-hydrogen) atoms. The van der Waals surface area contributed by atoms with E-state index in [9.17, 15) is 8.42 Å². The second-order valence-electron chi connectivity index (χ2n) is 6.49. The summed E-state index contributed by atoms with van der Waals surface area (Å²) < 4.78 is 28.9. The fourth-order valence-corrected chi connectivity index (χ4v) is 5.71. The molecule has 0 atom stereocenters. The molecule has 0 N–H and O–H groups in total. The minimum Gasteiger partial charge on any atom is -0.218 e. The molecule has 4 aromatic rings. The molecule has 0 spiro atoms. The number of halogens is 2. The van der Waals surface area contributed by atoms with Crippen molar-refractivity contribution in [3.63, 3.8) is 0 Å². The first-order valence-corrected chi connectivity index (χ1v) is 12.0. The summed E-state index contributed by atoms with van der Waals surface area (Å²) >= 11 is 7.12. The summed E-state index contributed by atoms with van der Waals surface area (Å²) in [5, 5.41) is 0. The monoisotopic (exact) mass is 526 g/mol. The van der Waals surface area contributed by atoms with Gasteiger partial charge >= 0.3 is 0 Å². The Balaban J connectivity index is 1.89. The zero-order valence-electron chi connectivity index (χ0n) is 15.2. The first-order chi connectivity index (χ1) is 14.0. The van der Waals surface area contributed by atoms with Crippen molar-refractivity contribution in [1.29, 1.82) is 0 Å². The van der Waals surface area contributed by atoms with Crippen LogP contribution in [0.15, 0.2) is 116 Å². The number of hydrogen-bond acceptors (Lipinski definition) is 2. The van der Waals surface area contributed by atoms with Crippen molar-refractivity contribution in [3.8, 4) is 22.3 Å². The van der Waals surface area contributed by atoms with Crippen LogP contribution in [0.2, 0.25) is 0 Å². The van der Waals surface area contributed by atoms with E-state index in [1.165, 1.54) is 0 Å². The van der Waals surface area contributed by atoms with Gasteiger partial charge < -0.3 is 0 Å². The highest BCUT2D eigenvalue weighted by atomic mass is 79.9. The summed E-state index contributed by atoms with van der Waals surface area (Å²) in [6.45, 7) is 0. The Labute approximate surface area is 187 Å². The van der Waals surface area contributed by atoms with Gasteiger partial charge in [-0.1, -0.05) is 98.6 Å². The van der Waals surface area contributed by atoms with Gasteiger partial charge in [0.2, 0.25) is 9.84 Å². The average molecular weight is 528 g/mol. The quantitative estimate of drug-likeness (QED) is 0.277. The molecule has 0 heterocycles. The fourth-order valence-electron chi connectivity index (χ4n) is 3.24. The molecule has 0 aliphatic carbocycles. The van der Waals surface area contributed by atoms with E-state index in [-0.39, 0.29) is 4.90 Å². The maximum absolute atomic E-state index is 13.6. The molecule has 5 heteroatoms. The van der Waals surface area contributed by atoms with Crippen LogP contribution in [0.25, 0.3) is 22.3 Å². The van der Waals surface area contributed by atoms with Gasteiger partial charge in [-0.25, -0.2) is 8.42 Å². The van der Waals surface area contributed by atoms with E-state index in [2.05, 4.69) is 31.9 Å². The van der Waals surface area contributed by atoms with Crippen molar-refractivity contribution in [3.05, 3.63) is 106 Å². The van der Waals surface area contributed by atoms with Crippen molar-refractivity contribution < 1.29 is 8.42 Å². The molecule has 0 aliphatic heterocycles. The van der Waals surface area contributed by atoms with Crippen molar-refractivity contribution in [2.75, 3.05) is 0 Å². The van der Waals surface area contributed by atoms with Gasteiger partial charge in [0.1, 0.15) is 0 Å². The zero-order valence-corrected chi connectivity index (χ0v) is 19.2. The largest absolute Gasteiger partial charge is 0.218 e. The third kappa shape index (κ3) is 3.95. The Morgan fingerprint density at radius 3 is 1.86 bits per heavy atom. The van der Waals surface area contributed by atoms with Crippen molar-refractivity contribution >= 4 is 41.7 Å². The van der Waals surface area contributed by atoms with Gasteiger partial charge in [-0.05, 0) is 47.0 Å². The normalized spacial score (nSPS) is 11.4. The van der Waals surface area contributed by atoms with Gasteiger partial charge in [0.25, 0.3) is 0 Å². The van der Waals surface area contributed by atoms with Crippen molar-refractivity contribution in [2.45, 2.75) is 9.79 Å². The summed E-state index contributed by atoms with van der Waals surface area (Å²) in [6.07, 6.45) is 0. The summed E-state index contributed by atoms with van der Waals surface area (Å²) in [6, 6.07) is 29.6. The second-order valence-corrected chi connectivity index (χ2v) is 10.1. The summed E-state index contributed by atoms with van der Waals surface area (Å²) in [5.41, 5.74) is 3.30. The van der Waals surface area contributed by atoms with Crippen LogP contribution in [0.3, 0.4) is 0 Å². The molecule has 0 unspecified atom stereocenters. The highest BCUT2D eigenvalue weighted by Gasteiger charge is 2.23. The number of benzene rings is 4. The molecular formula is C24H16Br2O2S. The van der Waals surface area contributed by atoms with E-state index in [0.717, 1.165) is 25.6 Å². The number of rotatable bonds is 4. The van der Waals surface area contributed by atoms with Gasteiger partial charge in [-0.3, -0.25) is 0 Å². The molecule has 0 amide bonds. The van der Waals surface area contributed by atoms with E-state index >= 15 is 0 Å². The maximum atomic E-state index is 13.6. The first-order valence-electron chi connectivity index (χ1n) is 8.92. The highest BCUT2D eigenvalue weighted by Crippen LogP contribution is 2.37. The maximum Gasteiger partial charge on any atom is 0.207 e. The molecule has 4 rings (SSSR count). The van der Waals surface area contributed by atoms with Gasteiger partial charge in [-0.15, -0.1) is 0 Å². The van der Waals surface area contributed by atoms with Crippen LogP contribution in [-0.2, 0) is 9.84 Å². The lowest BCUT2D eigenvalue weighted by Gasteiger charge is -2.13. The molecule has 0 saturated heterocycles. The van der Waals surface area contributed by atoms with Crippen LogP contribution in [0.1, 0.15) is 0 Å². The van der Waals surface area contributed by atoms with Crippen LogP contribution in [0, 0.1) is 0 Å². The minimum absolute atomic E-state index is 0.259. The van der Waals surface area contributed by atoms with E-state index in [1.54, 1.807) is 30.3 Å². The molecule has 0 aromatic heterocycles. The predicted molar refractivity (Wildman–Crippen MR) is 125 cm³/mol. The van der Waals surface area contributed by atoms with Gasteiger partial charge in [0.15, 0.2) is 0 Å². The van der Waals surface area contributed by atoms with E-state index in [4.69, 9.17) is 0 Å². The first kappa shape index (κ1) is 20.1. The number of sulfone groups is 1. The van der Waals surface area contributed by atoms with Crippen LogP contribution < -0.4 is 0 Å². The van der Waals surface area contributed by atoms with Crippen molar-refractivity contribution in [1.82, 2.24) is 0 Å². The summed E-state index contributed by atoms with van der Waals surface area (Å²) in [4.78, 5) is 0.557. The molecule has 0 aliphatic rings. The SMILES string of the molecule is O=S(=O)(c1ccc(Br)c(-c2ccccc2Br)c1)c1ccccc1-c1ccccc1. The third-order valence-electron chi connectivity index (χ3n) is 4.67. The Morgan fingerprint density at radius 2 is 1.14 bits per heavy atom. The molecule has 0 saturated carbocycles. The Bertz CT molecular complexity index is 1280. The molecule has 0 bridgehead atoms. The zero-order chi connectivity index (χ0) is 20.4. The van der Waals surface area contributed by atoms with Crippen LogP contribution in [0.4, 0.5) is 0 Å². The molecule has 144 valence electrons. The minimum atomic E-state index is -3.71. The molecule has 4 aromatic carbocycles. The lowest BCUT2D eigenvalue weighted by Crippen LogP contribution is -2.04. The lowest BCUT2D eigenvalue weighted by atomic mass is 10.1. The predicted octanol–water partition coefficient (Wildman–Crippen LogP) is 7.38. The van der Waals surface area contributed by atoms with E-state index in [0.29, 0.717) is 10.5 Å². The second kappa shape index (κ2) is 8.27. The fraction of sp³-hybridized carbons (Fsp3) is 0.